The Labute approximate surface area is 113 Å². The predicted octanol–water partition coefficient (Wildman–Crippen LogP) is 4.53. The second-order valence-corrected chi connectivity index (χ2v) is 3.83. The Morgan fingerprint density at radius 3 is 1.58 bits per heavy atom. The van der Waals surface area contributed by atoms with Gasteiger partial charge in [0.05, 0.1) is 6.20 Å². The van der Waals surface area contributed by atoms with Crippen molar-refractivity contribution < 1.29 is 4.42 Å². The van der Waals surface area contributed by atoms with E-state index in [4.69, 9.17) is 0 Å². The van der Waals surface area contributed by atoms with Crippen LogP contribution in [-0.2, 0) is 0 Å². The molecule has 0 radical (unpaired) electrons. The first kappa shape index (κ1) is 12.8. The molecule has 0 spiro atoms. The zero-order valence-corrected chi connectivity index (χ0v) is 10.5. The summed E-state index contributed by atoms with van der Waals surface area (Å²) in [7, 11) is 0. The van der Waals surface area contributed by atoms with Gasteiger partial charge in [0.2, 0.25) is 0 Å². The van der Waals surface area contributed by atoms with Gasteiger partial charge in [-0.25, -0.2) is 4.98 Å². The summed E-state index contributed by atoms with van der Waals surface area (Å²) in [6.07, 6.45) is 8.71. The molecule has 2 aromatic carbocycles. The van der Waals surface area contributed by atoms with Gasteiger partial charge in [0.1, 0.15) is 6.26 Å². The molecule has 0 aliphatic heterocycles. The molecule has 0 unspecified atom stereocenters. The van der Waals surface area contributed by atoms with E-state index in [9.17, 15) is 0 Å². The minimum absolute atomic E-state index is 1.23. The molecule has 1 aromatic heterocycles. The average Bonchev–Trinajstić information content (AvgIpc) is 3.07. The van der Waals surface area contributed by atoms with Crippen LogP contribution >= 0.6 is 0 Å². The zero-order chi connectivity index (χ0) is 13.2. The van der Waals surface area contributed by atoms with E-state index < -0.39 is 0 Å². The number of nitrogens with zero attached hydrogens (tertiary/aromatic N) is 1. The highest BCUT2D eigenvalue weighted by Crippen LogP contribution is 2.06. The fourth-order valence-electron chi connectivity index (χ4n) is 1.50. The fourth-order valence-corrected chi connectivity index (χ4v) is 1.50. The first-order valence-corrected chi connectivity index (χ1v) is 6.05. The van der Waals surface area contributed by atoms with Crippen LogP contribution in [0, 0.1) is 0 Å². The number of oxazole rings is 1. The lowest BCUT2D eigenvalue weighted by Crippen LogP contribution is -1.70. The van der Waals surface area contributed by atoms with Gasteiger partial charge in [0.15, 0.2) is 6.39 Å². The van der Waals surface area contributed by atoms with Gasteiger partial charge >= 0.3 is 0 Å². The molecule has 0 fully saturated rings. The Morgan fingerprint density at radius 2 is 1.26 bits per heavy atom. The Balaban J connectivity index is 0.000000224. The highest BCUT2D eigenvalue weighted by atomic mass is 16.3. The SMILES string of the molecule is C(=C\c1ccccc1)/c1ccccc1.c1cocn1. The monoisotopic (exact) mass is 249 g/mol. The highest BCUT2D eigenvalue weighted by molar-refractivity contribution is 5.69. The number of hydrogen-bond donors (Lipinski definition) is 0. The lowest BCUT2D eigenvalue weighted by Gasteiger charge is -1.92. The van der Waals surface area contributed by atoms with Gasteiger partial charge in [0.25, 0.3) is 0 Å². The molecule has 2 nitrogen and oxygen atoms in total. The second-order valence-electron chi connectivity index (χ2n) is 3.83. The molecule has 0 amide bonds. The molecular weight excluding hydrogens is 234 g/mol. The van der Waals surface area contributed by atoms with E-state index in [-0.39, 0.29) is 0 Å². The summed E-state index contributed by atoms with van der Waals surface area (Å²) >= 11 is 0. The minimum atomic E-state index is 1.23. The van der Waals surface area contributed by atoms with Crippen molar-refractivity contribution in [1.82, 2.24) is 4.98 Å². The molecule has 0 aliphatic carbocycles. The third-order valence-corrected chi connectivity index (χ3v) is 2.41. The smallest absolute Gasteiger partial charge is 0.180 e. The number of benzene rings is 2. The van der Waals surface area contributed by atoms with Gasteiger partial charge in [-0.3, -0.25) is 0 Å². The van der Waals surface area contributed by atoms with Crippen LogP contribution in [0.25, 0.3) is 12.2 Å². The third-order valence-electron chi connectivity index (χ3n) is 2.41. The van der Waals surface area contributed by atoms with E-state index in [1.54, 1.807) is 6.20 Å². The number of aromatic nitrogens is 1. The summed E-state index contributed by atoms with van der Waals surface area (Å²) in [5.74, 6) is 0. The molecule has 0 bridgehead atoms. The van der Waals surface area contributed by atoms with Crippen LogP contribution in [0.1, 0.15) is 11.1 Å². The first-order chi connectivity index (χ1) is 9.45. The van der Waals surface area contributed by atoms with Crippen LogP contribution in [0.3, 0.4) is 0 Å². The fraction of sp³-hybridized carbons (Fsp3) is 0. The summed E-state index contributed by atoms with van der Waals surface area (Å²) in [6, 6.07) is 20.6. The van der Waals surface area contributed by atoms with Crippen molar-refractivity contribution in [2.24, 2.45) is 0 Å². The van der Waals surface area contributed by atoms with Crippen molar-refractivity contribution in [1.29, 1.82) is 0 Å². The Morgan fingerprint density at radius 1 is 0.737 bits per heavy atom. The summed E-state index contributed by atoms with van der Waals surface area (Å²) in [5.41, 5.74) is 2.47. The molecule has 2 heteroatoms. The first-order valence-electron chi connectivity index (χ1n) is 6.05. The normalized spacial score (nSPS) is 9.89. The Bertz CT molecular complexity index is 512. The molecule has 19 heavy (non-hydrogen) atoms. The van der Waals surface area contributed by atoms with E-state index in [1.165, 1.54) is 23.8 Å². The molecule has 1 heterocycles. The lowest BCUT2D eigenvalue weighted by atomic mass is 10.1. The summed E-state index contributed by atoms with van der Waals surface area (Å²) in [4.78, 5) is 3.56. The maximum absolute atomic E-state index is 4.47. The van der Waals surface area contributed by atoms with Crippen molar-refractivity contribution in [3.63, 3.8) is 0 Å². The van der Waals surface area contributed by atoms with E-state index in [0.29, 0.717) is 0 Å². The molecule has 0 atom stereocenters. The van der Waals surface area contributed by atoms with E-state index in [0.717, 1.165) is 0 Å². The number of rotatable bonds is 2. The van der Waals surface area contributed by atoms with Gasteiger partial charge in [-0.05, 0) is 11.1 Å². The molecule has 0 saturated carbocycles. The Hall–Kier alpha value is -2.61. The van der Waals surface area contributed by atoms with Gasteiger partial charge in [0, 0.05) is 0 Å². The van der Waals surface area contributed by atoms with Crippen LogP contribution in [0.4, 0.5) is 0 Å². The third kappa shape index (κ3) is 5.04. The van der Waals surface area contributed by atoms with Gasteiger partial charge in [-0.15, -0.1) is 0 Å². The second kappa shape index (κ2) is 7.67. The van der Waals surface area contributed by atoms with Gasteiger partial charge in [-0.2, -0.15) is 0 Å². The molecule has 3 aromatic rings. The maximum atomic E-state index is 4.47. The summed E-state index contributed by atoms with van der Waals surface area (Å²) in [6.45, 7) is 0. The van der Waals surface area contributed by atoms with Crippen molar-refractivity contribution in [2.75, 3.05) is 0 Å². The zero-order valence-electron chi connectivity index (χ0n) is 10.5. The van der Waals surface area contributed by atoms with Gasteiger partial charge in [-0.1, -0.05) is 72.8 Å². The standard InChI is InChI=1S/C14H12.C3H3NO/c1-3-7-13(8-4-1)11-12-14-9-5-2-6-10-14;1-2-5-3-4-1/h1-12H;1-3H/b12-11+;. The van der Waals surface area contributed by atoms with Crippen LogP contribution in [0.15, 0.2) is 83.9 Å². The molecular formula is C17H15NO. The Kier molecular flexibility index (Phi) is 5.18. The van der Waals surface area contributed by atoms with E-state index >= 15 is 0 Å². The van der Waals surface area contributed by atoms with Crippen molar-refractivity contribution in [2.45, 2.75) is 0 Å². The molecule has 0 N–H and O–H groups in total. The molecule has 0 saturated heterocycles. The van der Waals surface area contributed by atoms with Crippen LogP contribution in [0.5, 0.6) is 0 Å². The van der Waals surface area contributed by atoms with Crippen molar-refractivity contribution >= 4 is 12.2 Å². The quantitative estimate of drug-likeness (QED) is 0.623. The van der Waals surface area contributed by atoms with Crippen molar-refractivity contribution in [3.05, 3.63) is 90.6 Å². The van der Waals surface area contributed by atoms with Crippen LogP contribution in [0.2, 0.25) is 0 Å². The maximum Gasteiger partial charge on any atom is 0.180 e. The topological polar surface area (TPSA) is 26.0 Å². The average molecular weight is 249 g/mol. The van der Waals surface area contributed by atoms with Crippen LogP contribution < -0.4 is 0 Å². The molecule has 0 aliphatic rings. The van der Waals surface area contributed by atoms with E-state index in [2.05, 4.69) is 45.8 Å². The number of hydrogen-bond acceptors (Lipinski definition) is 2. The summed E-state index contributed by atoms with van der Waals surface area (Å²) < 4.78 is 4.47. The minimum Gasteiger partial charge on any atom is -0.452 e. The van der Waals surface area contributed by atoms with Crippen molar-refractivity contribution in [3.8, 4) is 0 Å². The van der Waals surface area contributed by atoms with E-state index in [1.807, 2.05) is 36.4 Å². The lowest BCUT2D eigenvalue weighted by molar-refractivity contribution is 0.558. The van der Waals surface area contributed by atoms with Crippen LogP contribution in [-0.4, -0.2) is 4.98 Å². The molecule has 94 valence electrons. The molecule has 3 rings (SSSR count). The largest absolute Gasteiger partial charge is 0.452 e. The summed E-state index contributed by atoms with van der Waals surface area (Å²) in [5, 5.41) is 0. The predicted molar refractivity (Wildman–Crippen MR) is 78.3 cm³/mol. The highest BCUT2D eigenvalue weighted by Gasteiger charge is 1.84. The van der Waals surface area contributed by atoms with Gasteiger partial charge < -0.3 is 4.42 Å².